The molecule has 3 rings (SSSR count). The summed E-state index contributed by atoms with van der Waals surface area (Å²) in [4.78, 5) is 12.7. The van der Waals surface area contributed by atoms with E-state index in [1.165, 1.54) is 0 Å². The van der Waals surface area contributed by atoms with Gasteiger partial charge in [0.25, 0.3) is 0 Å². The molecule has 0 saturated carbocycles. The SMILES string of the molecule is CC/C=C\C/C=C\C/C=C\C/C=C\C/C=C\C/C=C\CCC(=O)CCCO[C@@H]1O[C@H](CC)[C@@H](O)[C@H](O[C@@H]2O[C@H](CO)[C@@H](O)[C@H](O)[C@H]2O)[C@H]1O[C@@H]1O[C@H](CO)[C@@H](O)[C@H](O)[C@H]1O. The predicted molar refractivity (Wildman–Crippen MR) is 220 cm³/mol. The highest BCUT2D eigenvalue weighted by molar-refractivity contribution is 5.78. The Kier molecular flexibility index (Phi) is 25.1. The Morgan fingerprint density at radius 2 is 0.933 bits per heavy atom. The largest absolute Gasteiger partial charge is 0.394 e. The number of rotatable bonds is 26. The van der Waals surface area contributed by atoms with E-state index in [1.807, 2.05) is 12.2 Å². The first-order chi connectivity index (χ1) is 29.0. The number of aliphatic hydroxyl groups is 9. The Morgan fingerprint density at radius 3 is 1.38 bits per heavy atom. The molecular formula is C44H70O16. The van der Waals surface area contributed by atoms with Gasteiger partial charge in [-0.1, -0.05) is 86.8 Å². The van der Waals surface area contributed by atoms with Crippen molar-refractivity contribution in [3.63, 3.8) is 0 Å². The van der Waals surface area contributed by atoms with Gasteiger partial charge in [-0.15, -0.1) is 0 Å². The zero-order valence-corrected chi connectivity index (χ0v) is 34.9. The van der Waals surface area contributed by atoms with E-state index in [0.717, 1.165) is 38.5 Å². The summed E-state index contributed by atoms with van der Waals surface area (Å²) in [6.45, 7) is 2.33. The second kappa shape index (κ2) is 29.0. The lowest BCUT2D eigenvalue weighted by Crippen LogP contribution is -2.66. The van der Waals surface area contributed by atoms with Crippen molar-refractivity contribution >= 4 is 5.78 Å². The van der Waals surface area contributed by atoms with E-state index in [0.29, 0.717) is 12.8 Å². The van der Waals surface area contributed by atoms with Crippen LogP contribution >= 0.6 is 0 Å². The Hall–Kier alpha value is -2.49. The molecule has 0 aromatic carbocycles. The van der Waals surface area contributed by atoms with Gasteiger partial charge < -0.3 is 74.4 Å². The maximum Gasteiger partial charge on any atom is 0.187 e. The highest BCUT2D eigenvalue weighted by atomic mass is 16.8. The summed E-state index contributed by atoms with van der Waals surface area (Å²) >= 11 is 0. The number of aliphatic hydroxyl groups excluding tert-OH is 9. The minimum Gasteiger partial charge on any atom is -0.394 e. The molecule has 16 heteroatoms. The fraction of sp³-hybridized carbons (Fsp3) is 0.705. The van der Waals surface area contributed by atoms with E-state index < -0.39 is 105 Å². The van der Waals surface area contributed by atoms with Crippen molar-refractivity contribution in [2.24, 2.45) is 0 Å². The summed E-state index contributed by atoms with van der Waals surface area (Å²) in [5.74, 6) is 0.0162. The van der Waals surface area contributed by atoms with Crippen LogP contribution in [0.1, 0.15) is 84.5 Å². The van der Waals surface area contributed by atoms with Crippen LogP contribution in [0.25, 0.3) is 0 Å². The first-order valence-corrected chi connectivity index (χ1v) is 21.3. The van der Waals surface area contributed by atoms with E-state index in [-0.39, 0.29) is 31.7 Å². The molecule has 0 aromatic rings. The zero-order valence-electron chi connectivity index (χ0n) is 34.9. The van der Waals surface area contributed by atoms with Crippen LogP contribution in [0.15, 0.2) is 72.9 Å². The molecule has 3 aliphatic heterocycles. The molecule has 3 fully saturated rings. The summed E-state index contributed by atoms with van der Waals surface area (Å²) in [7, 11) is 0. The van der Waals surface area contributed by atoms with Gasteiger partial charge in [-0.2, -0.15) is 0 Å². The molecule has 342 valence electrons. The summed E-state index contributed by atoms with van der Waals surface area (Å²) in [6, 6.07) is 0. The van der Waals surface area contributed by atoms with Crippen LogP contribution in [0.3, 0.4) is 0 Å². The van der Waals surface area contributed by atoms with Crippen LogP contribution in [0.5, 0.6) is 0 Å². The number of ketones is 1. The normalized spacial score (nSPS) is 35.7. The second-order valence-corrected chi connectivity index (χ2v) is 15.0. The Labute approximate surface area is 353 Å². The number of ether oxygens (including phenoxy) is 6. The average molecular weight is 855 g/mol. The highest BCUT2D eigenvalue weighted by Crippen LogP contribution is 2.34. The molecule has 0 unspecified atom stereocenters. The van der Waals surface area contributed by atoms with Gasteiger partial charge in [0.2, 0.25) is 0 Å². The fourth-order valence-corrected chi connectivity index (χ4v) is 6.81. The van der Waals surface area contributed by atoms with Crippen LogP contribution in [-0.4, -0.2) is 164 Å². The lowest BCUT2D eigenvalue weighted by molar-refractivity contribution is -0.390. The molecule has 0 bridgehead atoms. The van der Waals surface area contributed by atoms with Crippen molar-refractivity contribution in [2.75, 3.05) is 19.8 Å². The smallest absolute Gasteiger partial charge is 0.187 e. The number of carbonyl (C=O) groups excluding carboxylic acids is 1. The van der Waals surface area contributed by atoms with Gasteiger partial charge in [-0.3, -0.25) is 4.79 Å². The van der Waals surface area contributed by atoms with Crippen molar-refractivity contribution < 1.29 is 79.2 Å². The van der Waals surface area contributed by atoms with Gasteiger partial charge in [0.1, 0.15) is 72.9 Å². The molecule has 0 aliphatic carbocycles. The Morgan fingerprint density at radius 1 is 0.500 bits per heavy atom. The molecule has 3 aliphatic rings. The van der Waals surface area contributed by atoms with E-state index in [9.17, 15) is 50.8 Å². The number of hydrogen-bond donors (Lipinski definition) is 9. The third kappa shape index (κ3) is 16.7. The molecule has 0 amide bonds. The lowest BCUT2D eigenvalue weighted by atomic mass is 9.95. The van der Waals surface area contributed by atoms with Crippen LogP contribution < -0.4 is 0 Å². The summed E-state index contributed by atoms with van der Waals surface area (Å²) in [5.41, 5.74) is 0. The average Bonchev–Trinajstić information content (AvgIpc) is 3.24. The highest BCUT2D eigenvalue weighted by Gasteiger charge is 2.54. The molecule has 60 heavy (non-hydrogen) atoms. The summed E-state index contributed by atoms with van der Waals surface area (Å²) < 4.78 is 35.1. The molecule has 3 heterocycles. The summed E-state index contributed by atoms with van der Waals surface area (Å²) in [6.07, 6.45) is 8.98. The maximum atomic E-state index is 12.7. The number of carbonyl (C=O) groups is 1. The van der Waals surface area contributed by atoms with Gasteiger partial charge in [-0.05, 0) is 57.8 Å². The molecule has 0 radical (unpaired) electrons. The van der Waals surface area contributed by atoms with Crippen molar-refractivity contribution in [3.05, 3.63) is 72.9 Å². The van der Waals surface area contributed by atoms with Crippen molar-refractivity contribution in [1.82, 2.24) is 0 Å². The van der Waals surface area contributed by atoms with Gasteiger partial charge in [0, 0.05) is 12.8 Å². The van der Waals surface area contributed by atoms with Crippen molar-refractivity contribution in [2.45, 2.75) is 177 Å². The molecule has 0 aromatic heterocycles. The van der Waals surface area contributed by atoms with Crippen molar-refractivity contribution in [3.8, 4) is 0 Å². The summed E-state index contributed by atoms with van der Waals surface area (Å²) in [5, 5.41) is 93.6. The van der Waals surface area contributed by atoms with Gasteiger partial charge in [0.15, 0.2) is 18.9 Å². The van der Waals surface area contributed by atoms with Crippen LogP contribution in [0.4, 0.5) is 0 Å². The van der Waals surface area contributed by atoms with Crippen molar-refractivity contribution in [1.29, 1.82) is 0 Å². The number of allylic oxidation sites excluding steroid dienone is 12. The second-order valence-electron chi connectivity index (χ2n) is 15.0. The quantitative estimate of drug-likeness (QED) is 0.0444. The van der Waals surface area contributed by atoms with Crippen LogP contribution in [0.2, 0.25) is 0 Å². The first kappa shape index (κ1) is 51.9. The number of hydrogen-bond acceptors (Lipinski definition) is 16. The third-order valence-electron chi connectivity index (χ3n) is 10.4. The zero-order chi connectivity index (χ0) is 43.9. The molecule has 15 atom stereocenters. The monoisotopic (exact) mass is 854 g/mol. The van der Waals surface area contributed by atoms with Gasteiger partial charge in [0.05, 0.1) is 25.9 Å². The topological polar surface area (TPSA) is 255 Å². The van der Waals surface area contributed by atoms with Gasteiger partial charge >= 0.3 is 0 Å². The molecule has 9 N–H and O–H groups in total. The molecule has 3 saturated heterocycles. The first-order valence-electron chi connectivity index (χ1n) is 21.3. The van der Waals surface area contributed by atoms with E-state index in [4.69, 9.17) is 28.4 Å². The molecular weight excluding hydrogens is 784 g/mol. The van der Waals surface area contributed by atoms with Crippen LogP contribution in [-0.2, 0) is 33.2 Å². The predicted octanol–water partition coefficient (Wildman–Crippen LogP) is 1.70. The lowest BCUT2D eigenvalue weighted by Gasteiger charge is -2.49. The minimum absolute atomic E-state index is 0.0162. The molecule has 0 spiro atoms. The molecule has 16 nitrogen and oxygen atoms in total. The Bertz CT molecular complexity index is 1360. The standard InChI is InChI=1S/C44H70O16/c1-3-5-6-7-8-9-10-11-12-13-14-15-16-17-18-19-20-21-22-24-29(47)25-23-26-55-44-41(60-43-39(54)37(52)34(49)32(28-46)58-43)40(35(50)30(4-2)56-44)59-42-38(53)36(51)33(48)31(27-45)57-42/h5-6,8-9,11-12,14-15,17-18,20-21,30-46,48-54H,3-4,7,10,13,16,19,22-28H2,1-2H3/b6-5-,9-8-,12-11-,15-14-,18-17-,21-20-/t30-,31-,32-,33-,34-,35-,36+,37+,38-,39-,40+,41-,42+,43+,44-/m1/s1. The number of Topliss-reactive ketones (excluding diaryl/α,β-unsaturated/α-hetero) is 1. The van der Waals surface area contributed by atoms with E-state index in [2.05, 4.69) is 67.7 Å². The third-order valence-corrected chi connectivity index (χ3v) is 10.4. The van der Waals surface area contributed by atoms with E-state index >= 15 is 0 Å². The van der Waals surface area contributed by atoms with E-state index in [1.54, 1.807) is 6.92 Å². The maximum absolute atomic E-state index is 12.7. The van der Waals surface area contributed by atoms with Gasteiger partial charge in [-0.25, -0.2) is 0 Å². The minimum atomic E-state index is -1.85. The van der Waals surface area contributed by atoms with Crippen LogP contribution in [0, 0.1) is 0 Å². The Balaban J connectivity index is 1.50. The fourth-order valence-electron chi connectivity index (χ4n) is 6.81.